The van der Waals surface area contributed by atoms with Gasteiger partial charge in [-0.25, -0.2) is 0 Å². The molecule has 3 aliphatic rings. The van der Waals surface area contributed by atoms with Crippen molar-refractivity contribution in [2.45, 2.75) is 98.2 Å². The van der Waals surface area contributed by atoms with Crippen molar-refractivity contribution in [3.05, 3.63) is 0 Å². The first-order valence-corrected chi connectivity index (χ1v) is 10.8. The highest BCUT2D eigenvalue weighted by Crippen LogP contribution is 2.31. The number of aliphatic hydroxyl groups is 7. The molecule has 1 saturated carbocycles. The van der Waals surface area contributed by atoms with Crippen LogP contribution in [-0.2, 0) is 18.9 Å². The fraction of sp³-hybridized carbons (Fsp3) is 1.00. The minimum Gasteiger partial charge on any atom is -0.394 e. The molecule has 2 saturated heterocycles. The average Bonchev–Trinajstić information content (AvgIpc) is 2.79. The van der Waals surface area contributed by atoms with Crippen LogP contribution in [0.1, 0.15) is 6.42 Å². The van der Waals surface area contributed by atoms with Gasteiger partial charge in [0.25, 0.3) is 0 Å². The molecular formula is C18H36N4O11. The van der Waals surface area contributed by atoms with Gasteiger partial charge in [0, 0.05) is 18.6 Å². The van der Waals surface area contributed by atoms with Gasteiger partial charge in [0.1, 0.15) is 61.0 Å². The summed E-state index contributed by atoms with van der Waals surface area (Å²) >= 11 is 0. The summed E-state index contributed by atoms with van der Waals surface area (Å²) in [7, 11) is 0. The molecule has 0 aromatic rings. The summed E-state index contributed by atoms with van der Waals surface area (Å²) in [5, 5.41) is 70.9. The number of hydrogen-bond donors (Lipinski definition) is 11. The SMILES string of the molecule is NC[C@@H]1O[C@H](O[C@H]2[C@@H](O)[C@@H](O[C@@H]3O[C@H](CO)[C@H](O)[C@H](N)[C@@H]3O)[C@@H](N)C[C@H]2N)[C@H](O)[C@H](O)[C@@H]1O. The molecule has 1 aliphatic carbocycles. The second-order valence-corrected chi connectivity index (χ2v) is 8.79. The first kappa shape index (κ1) is 27.0. The van der Waals surface area contributed by atoms with Crippen molar-refractivity contribution >= 4 is 0 Å². The Labute approximate surface area is 189 Å². The van der Waals surface area contributed by atoms with Gasteiger partial charge in [0.05, 0.1) is 12.6 Å². The predicted octanol–water partition coefficient (Wildman–Crippen LogP) is -7.29. The molecule has 0 unspecified atom stereocenters. The maximum Gasteiger partial charge on any atom is 0.187 e. The zero-order valence-corrected chi connectivity index (χ0v) is 17.9. The van der Waals surface area contributed by atoms with E-state index in [2.05, 4.69) is 0 Å². The smallest absolute Gasteiger partial charge is 0.187 e. The molecule has 15 nitrogen and oxygen atoms in total. The van der Waals surface area contributed by atoms with Crippen molar-refractivity contribution in [3.8, 4) is 0 Å². The fourth-order valence-electron chi connectivity index (χ4n) is 4.40. The Bertz CT molecular complexity index is 584. The third-order valence-electron chi connectivity index (χ3n) is 6.48. The molecule has 194 valence electrons. The lowest BCUT2D eigenvalue weighted by molar-refractivity contribution is -0.332. The van der Waals surface area contributed by atoms with E-state index in [1.807, 2.05) is 0 Å². The molecule has 33 heavy (non-hydrogen) atoms. The largest absolute Gasteiger partial charge is 0.394 e. The molecule has 2 aliphatic heterocycles. The number of ether oxygens (including phenoxy) is 4. The second-order valence-electron chi connectivity index (χ2n) is 8.79. The highest BCUT2D eigenvalue weighted by atomic mass is 16.7. The van der Waals surface area contributed by atoms with Crippen molar-refractivity contribution < 1.29 is 54.7 Å². The van der Waals surface area contributed by atoms with Gasteiger partial charge in [0.2, 0.25) is 0 Å². The van der Waals surface area contributed by atoms with Gasteiger partial charge >= 0.3 is 0 Å². The van der Waals surface area contributed by atoms with Crippen molar-refractivity contribution in [3.63, 3.8) is 0 Å². The van der Waals surface area contributed by atoms with Gasteiger partial charge in [-0.05, 0) is 6.42 Å². The second kappa shape index (κ2) is 11.0. The Morgan fingerprint density at radius 3 is 1.70 bits per heavy atom. The molecule has 15 atom stereocenters. The fourth-order valence-corrected chi connectivity index (χ4v) is 4.40. The van der Waals surface area contributed by atoms with E-state index in [1.165, 1.54) is 0 Å². The van der Waals surface area contributed by atoms with E-state index in [0.717, 1.165) is 0 Å². The molecule has 15 N–H and O–H groups in total. The van der Waals surface area contributed by atoms with E-state index < -0.39 is 98.4 Å². The molecule has 15 heteroatoms. The van der Waals surface area contributed by atoms with Crippen LogP contribution >= 0.6 is 0 Å². The predicted molar refractivity (Wildman–Crippen MR) is 108 cm³/mol. The molecule has 2 heterocycles. The Kier molecular flexibility index (Phi) is 8.99. The molecule has 3 rings (SSSR count). The van der Waals surface area contributed by atoms with Crippen LogP contribution in [0.25, 0.3) is 0 Å². The Morgan fingerprint density at radius 1 is 0.667 bits per heavy atom. The Morgan fingerprint density at radius 2 is 1.18 bits per heavy atom. The van der Waals surface area contributed by atoms with Gasteiger partial charge in [0.15, 0.2) is 12.6 Å². The molecule has 0 aromatic carbocycles. The van der Waals surface area contributed by atoms with Gasteiger partial charge in [-0.2, -0.15) is 0 Å². The number of aliphatic hydroxyl groups excluding tert-OH is 7. The first-order chi connectivity index (χ1) is 15.5. The highest BCUT2D eigenvalue weighted by Gasteiger charge is 2.51. The van der Waals surface area contributed by atoms with Crippen molar-refractivity contribution in [2.75, 3.05) is 13.2 Å². The van der Waals surface area contributed by atoms with Crippen LogP contribution in [0.2, 0.25) is 0 Å². The Balaban J connectivity index is 1.72. The first-order valence-electron chi connectivity index (χ1n) is 10.8. The van der Waals surface area contributed by atoms with Crippen LogP contribution in [0, 0.1) is 0 Å². The summed E-state index contributed by atoms with van der Waals surface area (Å²) in [5.41, 5.74) is 23.5. The molecule has 0 radical (unpaired) electrons. The summed E-state index contributed by atoms with van der Waals surface area (Å²) < 4.78 is 22.2. The third-order valence-corrected chi connectivity index (χ3v) is 6.48. The Hall–Kier alpha value is -0.600. The lowest BCUT2D eigenvalue weighted by Crippen LogP contribution is -2.68. The van der Waals surface area contributed by atoms with E-state index in [9.17, 15) is 35.7 Å². The standard InChI is InChI=1S/C18H36N4O11/c19-2-6-10(25)12(27)13(28)18(30-6)33-16-5(21)1-4(20)15(14(16)29)32-17-11(26)8(22)9(24)7(3-23)31-17/h4-18,23-29H,1-3,19-22H2/t4-,5+,6-,7+,8-,9-,10+,11-,12+,13+,14-,15-,16+,17-,18+/m0/s1. The van der Waals surface area contributed by atoms with Crippen LogP contribution in [0.15, 0.2) is 0 Å². The molecule has 0 aromatic heterocycles. The van der Waals surface area contributed by atoms with Crippen LogP contribution in [0.4, 0.5) is 0 Å². The summed E-state index contributed by atoms with van der Waals surface area (Å²) in [6, 6.07) is -2.86. The third kappa shape index (κ3) is 5.32. The van der Waals surface area contributed by atoms with Gasteiger partial charge in [-0.3, -0.25) is 0 Å². The minimum absolute atomic E-state index is 0.0849. The molecule has 0 amide bonds. The summed E-state index contributed by atoms with van der Waals surface area (Å²) in [4.78, 5) is 0. The number of hydrogen-bond acceptors (Lipinski definition) is 15. The van der Waals surface area contributed by atoms with Crippen LogP contribution in [-0.4, -0.2) is 141 Å². The van der Waals surface area contributed by atoms with E-state index in [0.29, 0.717) is 0 Å². The van der Waals surface area contributed by atoms with Gasteiger partial charge in [-0.15, -0.1) is 0 Å². The molecular weight excluding hydrogens is 448 g/mol. The van der Waals surface area contributed by atoms with Gasteiger partial charge < -0.3 is 77.6 Å². The van der Waals surface area contributed by atoms with Crippen molar-refractivity contribution in [1.29, 1.82) is 0 Å². The minimum atomic E-state index is -1.66. The topological polar surface area (TPSA) is 283 Å². The number of rotatable bonds is 6. The van der Waals surface area contributed by atoms with Crippen molar-refractivity contribution in [2.24, 2.45) is 22.9 Å². The summed E-state index contributed by atoms with van der Waals surface area (Å²) in [6.07, 6.45) is -16.5. The molecule has 3 fully saturated rings. The quantitative estimate of drug-likeness (QED) is 0.167. The lowest BCUT2D eigenvalue weighted by Gasteiger charge is -2.48. The zero-order valence-electron chi connectivity index (χ0n) is 17.9. The zero-order chi connectivity index (χ0) is 24.6. The maximum absolute atomic E-state index is 10.9. The lowest BCUT2D eigenvalue weighted by atomic mass is 9.84. The van der Waals surface area contributed by atoms with E-state index >= 15 is 0 Å². The van der Waals surface area contributed by atoms with E-state index in [4.69, 9.17) is 41.9 Å². The van der Waals surface area contributed by atoms with E-state index in [1.54, 1.807) is 0 Å². The summed E-state index contributed by atoms with van der Waals surface area (Å²) in [6.45, 7) is -0.763. The summed E-state index contributed by atoms with van der Waals surface area (Å²) in [5.74, 6) is 0. The molecule has 0 bridgehead atoms. The normalized spacial score (nSPS) is 53.7. The average molecular weight is 485 g/mol. The number of nitrogens with two attached hydrogens (primary N) is 4. The maximum atomic E-state index is 10.9. The van der Waals surface area contributed by atoms with Crippen LogP contribution in [0.3, 0.4) is 0 Å². The van der Waals surface area contributed by atoms with Crippen LogP contribution in [0.5, 0.6) is 0 Å². The van der Waals surface area contributed by atoms with Crippen LogP contribution < -0.4 is 22.9 Å². The van der Waals surface area contributed by atoms with Gasteiger partial charge in [-0.1, -0.05) is 0 Å². The van der Waals surface area contributed by atoms with E-state index in [-0.39, 0.29) is 13.0 Å². The highest BCUT2D eigenvalue weighted by molar-refractivity contribution is 5.01. The van der Waals surface area contributed by atoms with Crippen molar-refractivity contribution in [1.82, 2.24) is 0 Å². The molecule has 0 spiro atoms. The monoisotopic (exact) mass is 484 g/mol.